The molecule has 112 valence electrons. The molecule has 0 aliphatic heterocycles. The number of rotatable bonds is 8. The Morgan fingerprint density at radius 2 is 1.95 bits per heavy atom. The van der Waals surface area contributed by atoms with Crippen molar-refractivity contribution in [1.29, 1.82) is 0 Å². The summed E-state index contributed by atoms with van der Waals surface area (Å²) in [6, 6.07) is 0.447. The van der Waals surface area contributed by atoms with Crippen molar-refractivity contribution in [3.05, 3.63) is 0 Å². The largest absolute Gasteiger partial charge is 0.385 e. The van der Waals surface area contributed by atoms with E-state index in [0.717, 1.165) is 12.3 Å². The van der Waals surface area contributed by atoms with Gasteiger partial charge in [0.1, 0.15) is 0 Å². The van der Waals surface area contributed by atoms with Crippen LogP contribution >= 0.6 is 0 Å². The fourth-order valence-electron chi connectivity index (χ4n) is 2.74. The predicted molar refractivity (Wildman–Crippen MR) is 78.2 cm³/mol. The van der Waals surface area contributed by atoms with E-state index in [2.05, 4.69) is 17.6 Å². The lowest BCUT2D eigenvalue weighted by atomic mass is 9.93. The number of methoxy groups -OCH3 is 1. The van der Waals surface area contributed by atoms with Crippen molar-refractivity contribution in [2.24, 2.45) is 5.92 Å². The van der Waals surface area contributed by atoms with Gasteiger partial charge in [-0.2, -0.15) is 0 Å². The van der Waals surface area contributed by atoms with Crippen LogP contribution in [0, 0.1) is 5.92 Å². The Bertz CT molecular complexity index is 238. The lowest BCUT2D eigenvalue weighted by Crippen LogP contribution is -2.41. The summed E-state index contributed by atoms with van der Waals surface area (Å²) in [7, 11) is 1.68. The Morgan fingerprint density at radius 3 is 2.58 bits per heavy atom. The summed E-state index contributed by atoms with van der Waals surface area (Å²) >= 11 is 0. The molecule has 0 bridgehead atoms. The molecule has 0 saturated heterocycles. The van der Waals surface area contributed by atoms with Crippen molar-refractivity contribution >= 4 is 5.91 Å². The summed E-state index contributed by atoms with van der Waals surface area (Å²) in [4.78, 5) is 11.6. The molecule has 0 radical (unpaired) electrons. The highest BCUT2D eigenvalue weighted by Gasteiger charge is 2.19. The van der Waals surface area contributed by atoms with Crippen LogP contribution in [0.4, 0.5) is 0 Å². The number of hydrogen-bond donors (Lipinski definition) is 2. The molecule has 0 aromatic rings. The monoisotopic (exact) mass is 270 g/mol. The molecular formula is C15H30N2O2. The molecule has 1 rings (SSSR count). The minimum atomic E-state index is 0.0941. The highest BCUT2D eigenvalue weighted by atomic mass is 16.5. The summed E-state index contributed by atoms with van der Waals surface area (Å²) in [5.74, 6) is 0.834. The third kappa shape index (κ3) is 7.53. The topological polar surface area (TPSA) is 50.4 Å². The van der Waals surface area contributed by atoms with Gasteiger partial charge in [-0.3, -0.25) is 4.79 Å². The normalized spacial score (nSPS) is 18.8. The summed E-state index contributed by atoms with van der Waals surface area (Å²) in [6.45, 7) is 4.05. The van der Waals surface area contributed by atoms with Gasteiger partial charge in [0.15, 0.2) is 0 Å². The molecule has 1 saturated carbocycles. The zero-order valence-corrected chi connectivity index (χ0v) is 12.5. The average molecular weight is 270 g/mol. The van der Waals surface area contributed by atoms with Crippen LogP contribution in [0.5, 0.6) is 0 Å². The molecule has 0 spiro atoms. The minimum Gasteiger partial charge on any atom is -0.385 e. The predicted octanol–water partition coefficient (Wildman–Crippen LogP) is 2.09. The molecule has 1 fully saturated rings. The SMILES string of the molecule is COCCCNC(=O)CN[C@H](C)C1CCCCCC1. The molecule has 0 aromatic heterocycles. The second-order valence-corrected chi connectivity index (χ2v) is 5.62. The maximum Gasteiger partial charge on any atom is 0.233 e. The molecule has 1 aliphatic rings. The molecule has 1 amide bonds. The molecule has 4 heteroatoms. The first-order valence-corrected chi connectivity index (χ1v) is 7.73. The second kappa shape index (κ2) is 10.2. The van der Waals surface area contributed by atoms with Gasteiger partial charge in [-0.25, -0.2) is 0 Å². The van der Waals surface area contributed by atoms with Crippen molar-refractivity contribution in [1.82, 2.24) is 10.6 Å². The molecule has 4 nitrogen and oxygen atoms in total. The molecule has 0 unspecified atom stereocenters. The van der Waals surface area contributed by atoms with Gasteiger partial charge in [0.05, 0.1) is 6.54 Å². The number of amides is 1. The zero-order chi connectivity index (χ0) is 13.9. The Balaban J connectivity index is 2.10. The number of hydrogen-bond acceptors (Lipinski definition) is 3. The first kappa shape index (κ1) is 16.4. The van der Waals surface area contributed by atoms with E-state index in [1.807, 2.05) is 0 Å². The van der Waals surface area contributed by atoms with Crippen LogP contribution in [0.15, 0.2) is 0 Å². The van der Waals surface area contributed by atoms with Gasteiger partial charge in [0.25, 0.3) is 0 Å². The highest BCUT2D eigenvalue weighted by Crippen LogP contribution is 2.25. The van der Waals surface area contributed by atoms with Crippen LogP contribution < -0.4 is 10.6 Å². The van der Waals surface area contributed by atoms with Crippen LogP contribution in [-0.2, 0) is 9.53 Å². The van der Waals surface area contributed by atoms with Crippen molar-refractivity contribution < 1.29 is 9.53 Å². The summed E-state index contributed by atoms with van der Waals surface area (Å²) in [5, 5.41) is 6.28. The number of nitrogens with one attached hydrogen (secondary N) is 2. The van der Waals surface area contributed by atoms with E-state index in [4.69, 9.17) is 4.74 Å². The molecule has 19 heavy (non-hydrogen) atoms. The van der Waals surface area contributed by atoms with Crippen LogP contribution in [0.1, 0.15) is 51.9 Å². The van der Waals surface area contributed by atoms with Crippen molar-refractivity contribution in [3.63, 3.8) is 0 Å². The van der Waals surface area contributed by atoms with Crippen LogP contribution in [0.25, 0.3) is 0 Å². The van der Waals surface area contributed by atoms with Crippen molar-refractivity contribution in [3.8, 4) is 0 Å². The Hall–Kier alpha value is -0.610. The van der Waals surface area contributed by atoms with Crippen molar-refractivity contribution in [2.45, 2.75) is 57.9 Å². The zero-order valence-electron chi connectivity index (χ0n) is 12.5. The van der Waals surface area contributed by atoms with Gasteiger partial charge < -0.3 is 15.4 Å². The highest BCUT2D eigenvalue weighted by molar-refractivity contribution is 5.77. The van der Waals surface area contributed by atoms with Gasteiger partial charge >= 0.3 is 0 Å². The van der Waals surface area contributed by atoms with Gasteiger partial charge in [0, 0.05) is 26.3 Å². The second-order valence-electron chi connectivity index (χ2n) is 5.62. The molecule has 1 atom stereocenters. The Morgan fingerprint density at radius 1 is 1.26 bits per heavy atom. The smallest absolute Gasteiger partial charge is 0.233 e. The van der Waals surface area contributed by atoms with Crippen LogP contribution in [0.3, 0.4) is 0 Å². The fourth-order valence-corrected chi connectivity index (χ4v) is 2.74. The van der Waals surface area contributed by atoms with Gasteiger partial charge in [-0.1, -0.05) is 25.7 Å². The van der Waals surface area contributed by atoms with E-state index in [1.54, 1.807) is 7.11 Å². The van der Waals surface area contributed by atoms with Gasteiger partial charge in [0.2, 0.25) is 5.91 Å². The van der Waals surface area contributed by atoms with E-state index in [-0.39, 0.29) is 5.91 Å². The van der Waals surface area contributed by atoms with E-state index < -0.39 is 0 Å². The summed E-state index contributed by atoms with van der Waals surface area (Å²) in [5.41, 5.74) is 0. The molecule has 0 heterocycles. The first-order chi connectivity index (χ1) is 9.24. The lowest BCUT2D eigenvalue weighted by Gasteiger charge is -2.23. The van der Waals surface area contributed by atoms with Crippen molar-refractivity contribution in [2.75, 3.05) is 26.8 Å². The third-order valence-electron chi connectivity index (χ3n) is 4.04. The van der Waals surface area contributed by atoms with E-state index in [9.17, 15) is 4.79 Å². The summed E-state index contributed by atoms with van der Waals surface area (Å²) < 4.78 is 4.95. The van der Waals surface area contributed by atoms with Gasteiger partial charge in [-0.15, -0.1) is 0 Å². The Labute approximate surface area is 117 Å². The molecule has 2 N–H and O–H groups in total. The van der Waals surface area contributed by atoms with Crippen LogP contribution in [0.2, 0.25) is 0 Å². The molecule has 1 aliphatic carbocycles. The maximum absolute atomic E-state index is 11.6. The molecule has 0 aromatic carbocycles. The lowest BCUT2D eigenvalue weighted by molar-refractivity contribution is -0.120. The minimum absolute atomic E-state index is 0.0941. The average Bonchev–Trinajstić information content (AvgIpc) is 2.70. The van der Waals surface area contributed by atoms with E-state index >= 15 is 0 Å². The standard InChI is InChI=1S/C15H30N2O2/c1-13(14-8-5-3-4-6-9-14)17-12-15(18)16-10-7-11-19-2/h13-14,17H,3-12H2,1-2H3,(H,16,18)/t13-/m1/s1. The number of ether oxygens (including phenoxy) is 1. The number of carbonyl (C=O) groups excluding carboxylic acids is 1. The molecular weight excluding hydrogens is 240 g/mol. The maximum atomic E-state index is 11.6. The third-order valence-corrected chi connectivity index (χ3v) is 4.04. The van der Waals surface area contributed by atoms with Crippen LogP contribution in [-0.4, -0.2) is 38.8 Å². The Kier molecular flexibility index (Phi) is 8.84. The first-order valence-electron chi connectivity index (χ1n) is 7.73. The van der Waals surface area contributed by atoms with E-state index in [0.29, 0.717) is 25.7 Å². The number of carbonyl (C=O) groups is 1. The summed E-state index contributed by atoms with van der Waals surface area (Å²) in [6.07, 6.45) is 8.94. The van der Waals surface area contributed by atoms with Gasteiger partial charge in [-0.05, 0) is 32.1 Å². The van der Waals surface area contributed by atoms with E-state index in [1.165, 1.54) is 38.5 Å². The quantitative estimate of drug-likeness (QED) is 0.524. The fraction of sp³-hybridized carbons (Fsp3) is 0.933.